The minimum atomic E-state index is -0.281. The number of benzene rings is 1. The van der Waals surface area contributed by atoms with Crippen molar-refractivity contribution in [2.45, 2.75) is 36.2 Å². The molecule has 0 amide bonds. The fourth-order valence-corrected chi connectivity index (χ4v) is 3.77. The number of hydrogen-bond acceptors (Lipinski definition) is 5. The molecule has 0 saturated heterocycles. The molecule has 3 rings (SSSR count). The average Bonchev–Trinajstić information content (AvgIpc) is 2.94. The van der Waals surface area contributed by atoms with E-state index in [-0.39, 0.29) is 11.7 Å². The topological polar surface area (TPSA) is 63.3 Å². The van der Waals surface area contributed by atoms with Crippen molar-refractivity contribution in [1.82, 2.24) is 14.5 Å². The Bertz CT molecular complexity index is 909. The van der Waals surface area contributed by atoms with E-state index in [2.05, 4.69) is 15.1 Å². The van der Waals surface area contributed by atoms with Crippen LogP contribution in [-0.4, -0.2) is 26.0 Å². The Kier molecular flexibility index (Phi) is 5.68. The number of rotatable bonds is 6. The van der Waals surface area contributed by atoms with Crippen LogP contribution in [0.2, 0.25) is 0 Å². The second-order valence-electron chi connectivity index (χ2n) is 6.07. The molecule has 1 N–H and O–H groups in total. The lowest BCUT2D eigenvalue weighted by atomic mass is 10.1. The number of oxime groups is 1. The number of nitrogens with zero attached hydrogens (tertiary/aromatic N) is 4. The second kappa shape index (κ2) is 8.14. The Morgan fingerprint density at radius 1 is 1.31 bits per heavy atom. The fraction of sp³-hybridized carbons (Fsp3) is 0.211. The van der Waals surface area contributed by atoms with Crippen LogP contribution in [0.3, 0.4) is 0 Å². The summed E-state index contributed by atoms with van der Waals surface area (Å²) in [5.74, 6) is 0.419. The summed E-state index contributed by atoms with van der Waals surface area (Å²) in [6.07, 6.45) is 4.82. The Morgan fingerprint density at radius 2 is 2.15 bits per heavy atom. The van der Waals surface area contributed by atoms with Gasteiger partial charge in [0.25, 0.3) is 0 Å². The van der Waals surface area contributed by atoms with Gasteiger partial charge in [0, 0.05) is 17.3 Å². The van der Waals surface area contributed by atoms with Gasteiger partial charge in [0.2, 0.25) is 0 Å². The van der Waals surface area contributed by atoms with Crippen molar-refractivity contribution in [3.63, 3.8) is 0 Å². The molecule has 0 atom stereocenters. The van der Waals surface area contributed by atoms with Gasteiger partial charge in [0.1, 0.15) is 17.1 Å². The monoisotopic (exact) mass is 370 g/mol. The minimum Gasteiger partial charge on any atom is -0.411 e. The van der Waals surface area contributed by atoms with Gasteiger partial charge in [-0.1, -0.05) is 42.9 Å². The molecule has 0 aliphatic carbocycles. The van der Waals surface area contributed by atoms with Gasteiger partial charge in [-0.3, -0.25) is 4.98 Å². The first-order valence-electron chi connectivity index (χ1n) is 8.18. The summed E-state index contributed by atoms with van der Waals surface area (Å²) >= 11 is 1.45. The number of imidazole rings is 1. The van der Waals surface area contributed by atoms with E-state index in [1.165, 1.54) is 30.1 Å². The zero-order valence-corrected chi connectivity index (χ0v) is 15.3. The molecule has 134 valence electrons. The van der Waals surface area contributed by atoms with Gasteiger partial charge in [-0.05, 0) is 35.7 Å². The maximum absolute atomic E-state index is 13.6. The lowest BCUT2D eigenvalue weighted by molar-refractivity contribution is 0.321. The Labute approximate surface area is 155 Å². The quantitative estimate of drug-likeness (QED) is 0.393. The molecule has 0 aliphatic heterocycles. The standard InChI is InChI=1S/C19H19FN4OS/c1-13(2)18-19(26-16-7-3-6-15(20)9-16)24(17(23-18)11-22-25)12-14-5-4-8-21-10-14/h3-11,13,25H,12H2,1-2H3. The zero-order valence-electron chi connectivity index (χ0n) is 14.5. The first-order valence-corrected chi connectivity index (χ1v) is 9.00. The Morgan fingerprint density at radius 3 is 2.81 bits per heavy atom. The Hall–Kier alpha value is -2.67. The molecule has 1 aromatic carbocycles. The number of aromatic nitrogens is 3. The van der Waals surface area contributed by atoms with Crippen molar-refractivity contribution in [2.75, 3.05) is 0 Å². The summed E-state index contributed by atoms with van der Waals surface area (Å²) in [5, 5.41) is 13.1. The van der Waals surface area contributed by atoms with E-state index in [0.29, 0.717) is 12.4 Å². The molecule has 2 aromatic heterocycles. The van der Waals surface area contributed by atoms with E-state index in [0.717, 1.165) is 21.2 Å². The SMILES string of the molecule is CC(C)c1nc(C=NO)n(Cc2cccnc2)c1Sc1cccc(F)c1. The van der Waals surface area contributed by atoms with E-state index >= 15 is 0 Å². The molecular weight excluding hydrogens is 351 g/mol. The van der Waals surface area contributed by atoms with Crippen molar-refractivity contribution in [3.05, 3.63) is 71.7 Å². The van der Waals surface area contributed by atoms with Crippen LogP contribution in [0, 0.1) is 5.82 Å². The molecule has 0 radical (unpaired) electrons. The highest BCUT2D eigenvalue weighted by Gasteiger charge is 2.20. The molecule has 0 saturated carbocycles. The molecule has 7 heteroatoms. The molecule has 5 nitrogen and oxygen atoms in total. The first-order chi connectivity index (χ1) is 12.6. The lowest BCUT2D eigenvalue weighted by Crippen LogP contribution is -2.06. The summed E-state index contributed by atoms with van der Waals surface area (Å²) in [6.45, 7) is 4.62. The van der Waals surface area contributed by atoms with Crippen LogP contribution in [0.5, 0.6) is 0 Å². The minimum absolute atomic E-state index is 0.159. The van der Waals surface area contributed by atoms with Crippen LogP contribution in [-0.2, 0) is 6.54 Å². The normalized spacial score (nSPS) is 11.5. The van der Waals surface area contributed by atoms with Gasteiger partial charge in [0.05, 0.1) is 12.2 Å². The number of pyridine rings is 1. The van der Waals surface area contributed by atoms with Crippen molar-refractivity contribution >= 4 is 18.0 Å². The van der Waals surface area contributed by atoms with Crippen LogP contribution in [0.25, 0.3) is 0 Å². The lowest BCUT2D eigenvalue weighted by Gasteiger charge is -2.12. The second-order valence-corrected chi connectivity index (χ2v) is 7.13. The smallest absolute Gasteiger partial charge is 0.156 e. The van der Waals surface area contributed by atoms with E-state index in [1.807, 2.05) is 36.6 Å². The third-order valence-electron chi connectivity index (χ3n) is 3.77. The predicted molar refractivity (Wildman–Crippen MR) is 99.6 cm³/mol. The molecule has 0 aliphatic rings. The summed E-state index contributed by atoms with van der Waals surface area (Å²) < 4.78 is 15.6. The van der Waals surface area contributed by atoms with Crippen LogP contribution in [0.1, 0.15) is 36.8 Å². The van der Waals surface area contributed by atoms with Crippen LogP contribution in [0.15, 0.2) is 63.9 Å². The van der Waals surface area contributed by atoms with Crippen molar-refractivity contribution in [1.29, 1.82) is 0 Å². The molecule has 0 unspecified atom stereocenters. The summed E-state index contributed by atoms with van der Waals surface area (Å²) in [6, 6.07) is 10.3. The van der Waals surface area contributed by atoms with Crippen molar-refractivity contribution in [3.8, 4) is 0 Å². The maximum Gasteiger partial charge on any atom is 0.156 e. The van der Waals surface area contributed by atoms with Gasteiger partial charge in [-0.15, -0.1) is 0 Å². The molecule has 2 heterocycles. The summed E-state index contributed by atoms with van der Waals surface area (Å²) in [7, 11) is 0. The van der Waals surface area contributed by atoms with Crippen LogP contribution < -0.4 is 0 Å². The molecule has 26 heavy (non-hydrogen) atoms. The van der Waals surface area contributed by atoms with E-state index in [9.17, 15) is 4.39 Å². The average molecular weight is 370 g/mol. The summed E-state index contributed by atoms with van der Waals surface area (Å²) in [4.78, 5) is 9.57. The number of halogens is 1. The van der Waals surface area contributed by atoms with Crippen LogP contribution in [0.4, 0.5) is 4.39 Å². The highest BCUT2D eigenvalue weighted by atomic mass is 32.2. The van der Waals surface area contributed by atoms with Crippen molar-refractivity contribution in [2.24, 2.45) is 5.16 Å². The highest BCUT2D eigenvalue weighted by molar-refractivity contribution is 7.99. The Balaban J connectivity index is 2.09. The zero-order chi connectivity index (χ0) is 18.5. The van der Waals surface area contributed by atoms with Gasteiger partial charge in [0.15, 0.2) is 5.82 Å². The van der Waals surface area contributed by atoms with Crippen molar-refractivity contribution < 1.29 is 9.60 Å². The molecular formula is C19H19FN4OS. The predicted octanol–water partition coefficient (Wildman–Crippen LogP) is 4.55. The van der Waals surface area contributed by atoms with Gasteiger partial charge in [-0.25, -0.2) is 9.37 Å². The third kappa shape index (κ3) is 4.11. The van der Waals surface area contributed by atoms with Gasteiger partial charge >= 0.3 is 0 Å². The highest BCUT2D eigenvalue weighted by Crippen LogP contribution is 2.35. The molecule has 0 spiro atoms. The third-order valence-corrected chi connectivity index (χ3v) is 4.88. The van der Waals surface area contributed by atoms with Gasteiger partial charge in [-0.2, -0.15) is 0 Å². The molecule has 3 aromatic rings. The molecule has 0 fully saturated rings. The first kappa shape index (κ1) is 18.1. The molecule has 0 bridgehead atoms. The fourth-order valence-electron chi connectivity index (χ4n) is 2.58. The number of hydrogen-bond donors (Lipinski definition) is 1. The van der Waals surface area contributed by atoms with E-state index in [1.54, 1.807) is 18.5 Å². The van der Waals surface area contributed by atoms with Crippen LogP contribution >= 0.6 is 11.8 Å². The summed E-state index contributed by atoms with van der Waals surface area (Å²) in [5.41, 5.74) is 1.87. The van der Waals surface area contributed by atoms with E-state index < -0.39 is 0 Å². The van der Waals surface area contributed by atoms with E-state index in [4.69, 9.17) is 5.21 Å². The van der Waals surface area contributed by atoms with Gasteiger partial charge < -0.3 is 9.77 Å². The largest absolute Gasteiger partial charge is 0.411 e. The maximum atomic E-state index is 13.6.